The number of halogens is 1. The topological polar surface area (TPSA) is 155 Å². The van der Waals surface area contributed by atoms with E-state index in [-0.39, 0.29) is 53.8 Å². The average Bonchev–Trinajstić information content (AvgIpc) is 3.46. The summed E-state index contributed by atoms with van der Waals surface area (Å²) in [6.45, 7) is 6.11. The molecule has 2 N–H and O–H groups in total. The van der Waals surface area contributed by atoms with Crippen LogP contribution in [0.3, 0.4) is 0 Å². The number of esters is 1. The van der Waals surface area contributed by atoms with Gasteiger partial charge in [-0.15, -0.1) is 11.3 Å². The highest BCUT2D eigenvalue weighted by atomic mass is 32.1. The van der Waals surface area contributed by atoms with Gasteiger partial charge in [0.15, 0.2) is 0 Å². The second-order valence-electron chi connectivity index (χ2n) is 16.1. The van der Waals surface area contributed by atoms with Crippen molar-refractivity contribution in [1.82, 2.24) is 25.1 Å². The number of hydrogen-bond donors (Lipinski definition) is 2. The van der Waals surface area contributed by atoms with Crippen molar-refractivity contribution in [2.75, 3.05) is 19.7 Å². The zero-order valence-corrected chi connectivity index (χ0v) is 34.0. The third kappa shape index (κ3) is 7.70. The van der Waals surface area contributed by atoms with E-state index >= 15 is 4.39 Å². The molecule has 0 radical (unpaired) electrons. The van der Waals surface area contributed by atoms with Crippen LogP contribution in [0.1, 0.15) is 86.9 Å². The third-order valence-electron chi connectivity index (χ3n) is 12.3. The molecule has 4 amide bonds. The SMILES string of the molecule is CCCOC(=O)[C@@H](C)NP(=O)(Oc1ccccc1)C(F)c1ccc2sc(C(=O)N[C@H]3C[C@@H]4C[C@@H]4C[C@H]4CC[C@@H](C(=O)N5C[C@H]6[C@@H]5CCN6C(C)=O)N4C3=O)cc2c1. The minimum Gasteiger partial charge on any atom is -0.465 e. The zero-order valence-electron chi connectivity index (χ0n) is 32.3. The number of fused-ring (bicyclic) bond motifs is 4. The first-order chi connectivity index (χ1) is 27.3. The van der Waals surface area contributed by atoms with Gasteiger partial charge < -0.3 is 29.3 Å². The third-order valence-corrected chi connectivity index (χ3v) is 15.5. The Hall–Kier alpha value is -4.33. The van der Waals surface area contributed by atoms with Gasteiger partial charge in [0.25, 0.3) is 5.91 Å². The van der Waals surface area contributed by atoms with Crippen LogP contribution in [0.2, 0.25) is 0 Å². The standard InChI is InChI=1S/C41H49FN5O8PS/c1-4-16-54-41(52)23(2)44-56(53,55-30-8-6-5-7-9-30)37(42)25-10-13-35-28(17-25)21-36(57-35)38(49)43-31-20-27-18-26(27)19-29-11-12-33(47(29)39(31)50)40(51)46-22-34-32(46)14-15-45(34)24(3)48/h5-10,13,17,21,23,26-27,29,31-34,37H,4,11-12,14-16,18-20,22H2,1-3H3,(H,43,49)(H,44,53)/t23-,26-,27+,29-,31+,32+,33+,34+,37?,56?/m1/s1. The van der Waals surface area contributed by atoms with E-state index in [1.807, 2.05) is 16.7 Å². The van der Waals surface area contributed by atoms with Crippen LogP contribution in [-0.2, 0) is 28.5 Å². The lowest BCUT2D eigenvalue weighted by Crippen LogP contribution is -2.67. The quantitative estimate of drug-likeness (QED) is 0.171. The van der Waals surface area contributed by atoms with Crippen molar-refractivity contribution in [2.24, 2.45) is 11.8 Å². The first kappa shape index (κ1) is 39.5. The molecule has 1 aliphatic carbocycles. The minimum atomic E-state index is -4.44. The van der Waals surface area contributed by atoms with Gasteiger partial charge in [-0.1, -0.05) is 31.2 Å². The molecular weight excluding hydrogens is 773 g/mol. The largest absolute Gasteiger partial charge is 0.465 e. The monoisotopic (exact) mass is 821 g/mol. The maximum atomic E-state index is 16.5. The van der Waals surface area contributed by atoms with E-state index in [9.17, 15) is 28.5 Å². The average molecular weight is 822 g/mol. The summed E-state index contributed by atoms with van der Waals surface area (Å²) in [5.41, 5.74) is 0.0269. The molecule has 16 heteroatoms. The van der Waals surface area contributed by atoms with Gasteiger partial charge >= 0.3 is 13.5 Å². The van der Waals surface area contributed by atoms with Crippen LogP contribution in [0.4, 0.5) is 4.39 Å². The first-order valence-corrected chi connectivity index (χ1v) is 22.5. The van der Waals surface area contributed by atoms with Gasteiger partial charge in [-0.2, -0.15) is 0 Å². The highest BCUT2D eigenvalue weighted by Crippen LogP contribution is 2.58. The number of ether oxygens (including phenoxy) is 1. The fourth-order valence-corrected chi connectivity index (χ4v) is 12.1. The molecule has 5 heterocycles. The molecule has 5 aliphatic rings. The Kier molecular flexibility index (Phi) is 10.9. The van der Waals surface area contributed by atoms with Crippen molar-refractivity contribution >= 4 is 58.5 Å². The van der Waals surface area contributed by atoms with Crippen molar-refractivity contribution in [3.05, 3.63) is 65.0 Å². The number of benzene rings is 2. The Labute approximate surface area is 335 Å². The van der Waals surface area contributed by atoms with Gasteiger partial charge in [0.05, 0.1) is 23.6 Å². The van der Waals surface area contributed by atoms with E-state index in [0.29, 0.717) is 59.2 Å². The molecule has 0 bridgehead atoms. The predicted octanol–water partition coefficient (Wildman–Crippen LogP) is 5.79. The van der Waals surface area contributed by atoms with Crippen LogP contribution < -0.4 is 14.9 Å². The molecule has 1 saturated carbocycles. The number of nitrogens with zero attached hydrogens (tertiary/aromatic N) is 3. The Bertz CT molecular complexity index is 2120. The summed E-state index contributed by atoms with van der Waals surface area (Å²) in [7, 11) is -4.44. The van der Waals surface area contributed by atoms with Crippen molar-refractivity contribution in [2.45, 2.75) is 108 Å². The summed E-state index contributed by atoms with van der Waals surface area (Å²) >= 11 is 1.19. The number of hydrogen-bond acceptors (Lipinski definition) is 9. The van der Waals surface area contributed by atoms with Crippen molar-refractivity contribution in [3.63, 3.8) is 0 Å². The number of carbonyl (C=O) groups excluding carboxylic acids is 5. The summed E-state index contributed by atoms with van der Waals surface area (Å²) in [4.78, 5) is 72.7. The van der Waals surface area contributed by atoms with Crippen LogP contribution in [0.15, 0.2) is 54.6 Å². The normalized spacial score (nSPS) is 28.5. The lowest BCUT2D eigenvalue weighted by Gasteiger charge is -2.48. The molecule has 304 valence electrons. The summed E-state index contributed by atoms with van der Waals surface area (Å²) in [6.07, 6.45) is 4.98. The smallest absolute Gasteiger partial charge is 0.355 e. The number of thiophene rings is 1. The maximum absolute atomic E-state index is 16.5. The maximum Gasteiger partial charge on any atom is 0.355 e. The van der Waals surface area contributed by atoms with E-state index in [1.165, 1.54) is 30.4 Å². The van der Waals surface area contributed by atoms with Gasteiger partial charge in [0.2, 0.25) is 23.6 Å². The second kappa shape index (κ2) is 15.8. The molecule has 1 aromatic heterocycles. The fourth-order valence-electron chi connectivity index (χ4n) is 9.26. The molecule has 4 aliphatic heterocycles. The predicted molar refractivity (Wildman–Crippen MR) is 211 cm³/mol. The van der Waals surface area contributed by atoms with E-state index in [2.05, 4.69) is 10.4 Å². The van der Waals surface area contributed by atoms with Crippen LogP contribution in [0.5, 0.6) is 5.75 Å². The van der Waals surface area contributed by atoms with Crippen LogP contribution in [0, 0.1) is 11.8 Å². The van der Waals surface area contributed by atoms with Gasteiger partial charge in [-0.25, -0.2) is 9.48 Å². The number of nitrogens with one attached hydrogen (secondary N) is 2. The van der Waals surface area contributed by atoms with Crippen LogP contribution in [-0.4, -0.2) is 100 Å². The molecule has 4 saturated heterocycles. The van der Waals surface area contributed by atoms with Gasteiger partial charge in [0, 0.05) is 30.8 Å². The summed E-state index contributed by atoms with van der Waals surface area (Å²) < 4.78 is 42.4. The fraction of sp³-hybridized carbons (Fsp3) is 0.537. The highest BCUT2D eigenvalue weighted by molar-refractivity contribution is 7.57. The molecule has 10 atom stereocenters. The number of para-hydroxylation sites is 1. The Morgan fingerprint density at radius 3 is 2.51 bits per heavy atom. The number of amides is 4. The molecular formula is C41H49FN5O8PS. The van der Waals surface area contributed by atoms with Gasteiger partial charge in [0.1, 0.15) is 23.9 Å². The molecule has 3 aromatic rings. The molecule has 0 spiro atoms. The lowest BCUT2D eigenvalue weighted by atomic mass is 9.95. The summed E-state index contributed by atoms with van der Waals surface area (Å²) in [5.74, 6) is -2.67. The van der Waals surface area contributed by atoms with Crippen molar-refractivity contribution < 1.29 is 42.2 Å². The second-order valence-corrected chi connectivity index (χ2v) is 19.3. The van der Waals surface area contributed by atoms with Gasteiger partial charge in [-0.3, -0.25) is 28.5 Å². The van der Waals surface area contributed by atoms with Crippen LogP contribution >= 0.6 is 18.9 Å². The molecule has 57 heavy (non-hydrogen) atoms. The first-order valence-electron chi connectivity index (χ1n) is 20.0. The van der Waals surface area contributed by atoms with Gasteiger partial charge in [-0.05, 0) is 105 Å². The molecule has 13 nitrogen and oxygen atoms in total. The lowest BCUT2D eigenvalue weighted by molar-refractivity contribution is -0.155. The van der Waals surface area contributed by atoms with E-state index < -0.39 is 43.4 Å². The Morgan fingerprint density at radius 2 is 1.75 bits per heavy atom. The zero-order chi connectivity index (χ0) is 40.2. The number of alkyl halides is 1. The highest BCUT2D eigenvalue weighted by Gasteiger charge is 2.56. The number of rotatable bonds is 12. The Balaban J connectivity index is 0.985. The molecule has 2 unspecified atom stereocenters. The van der Waals surface area contributed by atoms with Crippen molar-refractivity contribution in [3.8, 4) is 5.75 Å². The van der Waals surface area contributed by atoms with Crippen LogP contribution in [0.25, 0.3) is 10.1 Å². The summed E-state index contributed by atoms with van der Waals surface area (Å²) in [6, 6.07) is 11.8. The van der Waals surface area contributed by atoms with E-state index in [0.717, 1.165) is 25.7 Å². The molecule has 2 aromatic carbocycles. The molecule has 8 rings (SSSR count). The summed E-state index contributed by atoms with van der Waals surface area (Å²) in [5, 5.41) is 6.13. The number of carbonyl (C=O) groups is 5. The van der Waals surface area contributed by atoms with E-state index in [1.54, 1.807) is 54.3 Å². The number of likely N-dealkylation sites (tertiary alicyclic amines) is 2. The minimum absolute atomic E-state index is 0.0158. The van der Waals surface area contributed by atoms with Crippen molar-refractivity contribution in [1.29, 1.82) is 0 Å². The molecule has 5 fully saturated rings. The van der Waals surface area contributed by atoms with E-state index in [4.69, 9.17) is 9.26 Å². The Morgan fingerprint density at radius 1 is 0.982 bits per heavy atom.